The van der Waals surface area contributed by atoms with Crippen LogP contribution in [0.2, 0.25) is 0 Å². The number of anilines is 6. The molecule has 0 amide bonds. The molecule has 0 saturated carbocycles. The van der Waals surface area contributed by atoms with Crippen LogP contribution >= 0.6 is 11.3 Å². The lowest BCUT2D eigenvalue weighted by Crippen LogP contribution is -2.58. The predicted octanol–water partition coefficient (Wildman–Crippen LogP) is 14.6. The zero-order valence-electron chi connectivity index (χ0n) is 38.5. The van der Waals surface area contributed by atoms with Crippen LogP contribution in [0.3, 0.4) is 0 Å². The van der Waals surface area contributed by atoms with E-state index >= 15 is 0 Å². The Labute approximate surface area is 378 Å². The van der Waals surface area contributed by atoms with E-state index in [0.717, 1.165) is 34.2 Å². The van der Waals surface area contributed by atoms with Crippen molar-refractivity contribution in [1.29, 1.82) is 0 Å². The van der Waals surface area contributed by atoms with Gasteiger partial charge in [-0.1, -0.05) is 139 Å². The van der Waals surface area contributed by atoms with Gasteiger partial charge in [-0.3, -0.25) is 0 Å². The summed E-state index contributed by atoms with van der Waals surface area (Å²) in [7, 11) is 0. The second-order valence-electron chi connectivity index (χ2n) is 20.9. The van der Waals surface area contributed by atoms with Crippen LogP contribution in [0.4, 0.5) is 34.1 Å². The molecule has 8 aromatic rings. The zero-order valence-corrected chi connectivity index (χ0v) is 39.3. The Hall–Kier alpha value is -6.04. The van der Waals surface area contributed by atoms with Gasteiger partial charge in [0, 0.05) is 43.0 Å². The minimum atomic E-state index is -0.306. The third-order valence-electron chi connectivity index (χ3n) is 14.0. The quantitative estimate of drug-likeness (QED) is 0.164. The maximum Gasteiger partial charge on any atom is 0.269 e. The van der Waals surface area contributed by atoms with Gasteiger partial charge in [-0.2, -0.15) is 0 Å². The average Bonchev–Trinajstić information content (AvgIpc) is 3.73. The summed E-state index contributed by atoms with van der Waals surface area (Å²) in [5, 5.41) is 1.30. The summed E-state index contributed by atoms with van der Waals surface area (Å²) in [5.74, 6) is 1.87. The molecule has 0 unspecified atom stereocenters. The highest BCUT2D eigenvalue weighted by Gasteiger charge is 2.49. The van der Waals surface area contributed by atoms with Crippen LogP contribution in [0.1, 0.15) is 94.3 Å². The van der Waals surface area contributed by atoms with Gasteiger partial charge < -0.3 is 14.5 Å². The molecule has 0 radical (unpaired) electrons. The number of hydrogen-bond acceptors (Lipinski definition) is 4. The number of aryl methyl sites for hydroxylation is 3. The minimum absolute atomic E-state index is 0.00509. The zero-order chi connectivity index (χ0) is 43.9. The van der Waals surface area contributed by atoms with Crippen molar-refractivity contribution in [3.8, 4) is 22.6 Å². The van der Waals surface area contributed by atoms with Gasteiger partial charge in [0.1, 0.15) is 11.5 Å². The molecule has 0 N–H and O–H groups in total. The molecule has 1 aromatic heterocycles. The van der Waals surface area contributed by atoms with Crippen LogP contribution < -0.4 is 30.2 Å². The van der Waals surface area contributed by atoms with Crippen molar-refractivity contribution in [1.82, 2.24) is 0 Å². The molecule has 3 aliphatic rings. The molecule has 0 fully saturated rings. The van der Waals surface area contributed by atoms with Gasteiger partial charge in [-0.05, 0) is 142 Å². The smallest absolute Gasteiger partial charge is 0.269 e. The first-order valence-corrected chi connectivity index (χ1v) is 23.4. The third kappa shape index (κ3) is 6.06. The Morgan fingerprint density at radius 1 is 0.635 bits per heavy atom. The number of benzene rings is 7. The van der Waals surface area contributed by atoms with Gasteiger partial charge in [0.05, 0.1) is 11.4 Å². The fourth-order valence-corrected chi connectivity index (χ4v) is 11.9. The van der Waals surface area contributed by atoms with Gasteiger partial charge in [0.15, 0.2) is 0 Å². The molecule has 63 heavy (non-hydrogen) atoms. The molecule has 3 heterocycles. The van der Waals surface area contributed by atoms with Crippen molar-refractivity contribution in [2.24, 2.45) is 0 Å². The summed E-state index contributed by atoms with van der Waals surface area (Å²) in [6.45, 7) is 25.1. The molecule has 312 valence electrons. The molecule has 5 heteroatoms. The summed E-state index contributed by atoms with van der Waals surface area (Å²) in [5.41, 5.74) is 20.7. The van der Waals surface area contributed by atoms with Crippen LogP contribution in [-0.4, -0.2) is 6.71 Å². The SMILES string of the molecule is Cc1ccc(N(c2ccc(C)cc2)c2c3c(cc4c2C(C)(C)c2ccccc2-4)B2c4sc5ccc(C(C)(C)C)cc5c4N(c4ccc(C(C)(C)C)cc4)c4cc(C)cc(c42)O3)cc1. The second kappa shape index (κ2) is 13.7. The fourth-order valence-electron chi connectivity index (χ4n) is 10.6. The first kappa shape index (κ1) is 39.8. The van der Waals surface area contributed by atoms with Crippen molar-refractivity contribution >= 4 is 78.0 Å². The molecule has 3 nitrogen and oxygen atoms in total. The van der Waals surface area contributed by atoms with E-state index in [9.17, 15) is 0 Å². The lowest BCUT2D eigenvalue weighted by molar-refractivity contribution is 0.486. The van der Waals surface area contributed by atoms with Crippen molar-refractivity contribution in [2.45, 2.75) is 92.4 Å². The monoisotopic (exact) mass is 838 g/mol. The molecule has 2 aliphatic heterocycles. The van der Waals surface area contributed by atoms with E-state index in [1.165, 1.54) is 87.2 Å². The number of thiophene rings is 1. The molecule has 7 aromatic carbocycles. The van der Waals surface area contributed by atoms with E-state index in [2.05, 4.69) is 219 Å². The van der Waals surface area contributed by atoms with Gasteiger partial charge in [-0.25, -0.2) is 0 Å². The van der Waals surface area contributed by atoms with E-state index in [1.807, 2.05) is 11.3 Å². The van der Waals surface area contributed by atoms with Crippen molar-refractivity contribution in [2.75, 3.05) is 9.80 Å². The largest absolute Gasteiger partial charge is 0.456 e. The first-order chi connectivity index (χ1) is 30.0. The standard InChI is InChI=1S/C58H55BN2OS/c1-34-16-23-39(24-17-34)60(40-25-18-35(2)19-26-40)53-50-43(42-14-12-13-15-45(42)58(50,10)11)33-46-54(53)62-48-31-36(3)30-47-51(48)59(46)55-52(44-32-38(57(7,8)9)22-29-49(44)63-55)61(47)41-27-20-37(21-28-41)56(4,5)6/h12-33H,1-11H3. The molecule has 1 aliphatic carbocycles. The Kier molecular flexibility index (Phi) is 8.67. The van der Waals surface area contributed by atoms with E-state index in [0.29, 0.717) is 0 Å². The van der Waals surface area contributed by atoms with Crippen LogP contribution in [0.15, 0.2) is 133 Å². The number of hydrogen-bond donors (Lipinski definition) is 0. The summed E-state index contributed by atoms with van der Waals surface area (Å²) in [4.78, 5) is 5.04. The summed E-state index contributed by atoms with van der Waals surface area (Å²) in [6, 6.07) is 50.8. The Balaban J connectivity index is 1.27. The lowest BCUT2D eigenvalue weighted by atomic mass is 9.36. The topological polar surface area (TPSA) is 15.7 Å². The molecule has 11 rings (SSSR count). The van der Waals surface area contributed by atoms with E-state index in [4.69, 9.17) is 4.74 Å². The van der Waals surface area contributed by atoms with Crippen LogP contribution in [0.25, 0.3) is 21.2 Å². The summed E-state index contributed by atoms with van der Waals surface area (Å²) >= 11 is 1.95. The molecule has 0 spiro atoms. The Bertz CT molecular complexity index is 3120. The van der Waals surface area contributed by atoms with E-state index in [-0.39, 0.29) is 23.0 Å². The van der Waals surface area contributed by atoms with E-state index in [1.54, 1.807) is 0 Å². The Morgan fingerprint density at radius 3 is 1.89 bits per heavy atom. The molecular formula is C58H55BN2OS. The number of nitrogens with zero attached hydrogens (tertiary/aromatic N) is 2. The highest BCUT2D eigenvalue weighted by molar-refractivity contribution is 7.33. The van der Waals surface area contributed by atoms with Crippen molar-refractivity contribution in [3.05, 3.63) is 172 Å². The highest BCUT2D eigenvalue weighted by atomic mass is 32.1. The maximum atomic E-state index is 7.66. The lowest BCUT2D eigenvalue weighted by Gasteiger charge is -2.41. The third-order valence-corrected chi connectivity index (χ3v) is 15.2. The Morgan fingerprint density at radius 2 is 1.25 bits per heavy atom. The van der Waals surface area contributed by atoms with Crippen molar-refractivity contribution < 1.29 is 4.74 Å². The highest BCUT2D eigenvalue weighted by Crippen LogP contribution is 2.58. The number of rotatable bonds is 4. The van der Waals surface area contributed by atoms with Gasteiger partial charge in [-0.15, -0.1) is 11.3 Å². The minimum Gasteiger partial charge on any atom is -0.456 e. The number of ether oxygens (including phenoxy) is 1. The number of fused-ring (bicyclic) bond motifs is 9. The van der Waals surface area contributed by atoms with Gasteiger partial charge in [0.25, 0.3) is 6.71 Å². The van der Waals surface area contributed by atoms with Crippen LogP contribution in [-0.2, 0) is 16.2 Å². The molecule has 0 saturated heterocycles. The van der Waals surface area contributed by atoms with Crippen LogP contribution in [0, 0.1) is 20.8 Å². The van der Waals surface area contributed by atoms with E-state index < -0.39 is 0 Å². The fraction of sp³-hybridized carbons (Fsp3) is 0.241. The first-order valence-electron chi connectivity index (χ1n) is 22.5. The summed E-state index contributed by atoms with van der Waals surface area (Å²) < 4.78 is 10.3. The van der Waals surface area contributed by atoms with Gasteiger partial charge in [0.2, 0.25) is 0 Å². The maximum absolute atomic E-state index is 7.66. The van der Waals surface area contributed by atoms with Crippen molar-refractivity contribution in [3.63, 3.8) is 0 Å². The van der Waals surface area contributed by atoms with Crippen LogP contribution in [0.5, 0.6) is 11.5 Å². The normalized spacial score (nSPS) is 14.5. The predicted molar refractivity (Wildman–Crippen MR) is 272 cm³/mol. The van der Waals surface area contributed by atoms with Gasteiger partial charge >= 0.3 is 0 Å². The molecular weight excluding hydrogens is 784 g/mol. The summed E-state index contributed by atoms with van der Waals surface area (Å²) in [6.07, 6.45) is 0. The average molecular weight is 839 g/mol. The second-order valence-corrected chi connectivity index (χ2v) is 22.0. The molecule has 0 atom stereocenters. The molecule has 0 bridgehead atoms.